The van der Waals surface area contributed by atoms with Gasteiger partial charge >= 0.3 is 0 Å². The maximum atomic E-state index is 12.7. The molecule has 1 aromatic carbocycles. The third kappa shape index (κ3) is 4.11. The molecule has 1 fully saturated rings. The molecule has 0 radical (unpaired) electrons. The Labute approximate surface area is 166 Å². The molecule has 2 aromatic heterocycles. The van der Waals surface area contributed by atoms with Crippen molar-refractivity contribution in [1.29, 1.82) is 0 Å². The minimum atomic E-state index is -0.227. The molecule has 1 aliphatic rings. The zero-order chi connectivity index (χ0) is 19.5. The van der Waals surface area contributed by atoms with Gasteiger partial charge < -0.3 is 16.4 Å². The number of anilines is 1. The summed E-state index contributed by atoms with van der Waals surface area (Å²) in [4.78, 5) is 29.7. The monoisotopic (exact) mass is 392 g/mol. The lowest BCUT2D eigenvalue weighted by Gasteiger charge is -2.12. The summed E-state index contributed by atoms with van der Waals surface area (Å²) < 4.78 is 0. The van der Waals surface area contributed by atoms with Crippen LogP contribution in [0.1, 0.15) is 38.4 Å². The van der Waals surface area contributed by atoms with E-state index < -0.39 is 0 Å². The first-order valence-corrected chi connectivity index (χ1v) is 9.96. The Kier molecular flexibility index (Phi) is 5.18. The van der Waals surface area contributed by atoms with E-state index >= 15 is 0 Å². The van der Waals surface area contributed by atoms with Gasteiger partial charge in [-0.05, 0) is 53.6 Å². The molecule has 2 amide bonds. The van der Waals surface area contributed by atoms with Crippen LogP contribution in [0.25, 0.3) is 11.1 Å². The van der Waals surface area contributed by atoms with Crippen molar-refractivity contribution in [1.82, 2.24) is 10.3 Å². The summed E-state index contributed by atoms with van der Waals surface area (Å²) in [6.45, 7) is 0.269. The predicted molar refractivity (Wildman–Crippen MR) is 110 cm³/mol. The Hall–Kier alpha value is -3.03. The fraction of sp³-hybridized carbons (Fsp3) is 0.190. The predicted octanol–water partition coefficient (Wildman–Crippen LogP) is 3.41. The Bertz CT molecular complexity index is 1010. The summed E-state index contributed by atoms with van der Waals surface area (Å²) in [7, 11) is 0. The van der Waals surface area contributed by atoms with Crippen LogP contribution >= 0.6 is 11.3 Å². The van der Waals surface area contributed by atoms with Crippen LogP contribution in [0.4, 0.5) is 5.69 Å². The van der Waals surface area contributed by atoms with E-state index in [2.05, 4.69) is 15.6 Å². The lowest BCUT2D eigenvalue weighted by molar-refractivity contribution is 0.0949. The van der Waals surface area contributed by atoms with Crippen molar-refractivity contribution < 1.29 is 9.59 Å². The van der Waals surface area contributed by atoms with Crippen LogP contribution in [0, 0.1) is 0 Å². The molecular weight excluding hydrogens is 372 g/mol. The average molecular weight is 392 g/mol. The van der Waals surface area contributed by atoms with Crippen LogP contribution in [-0.4, -0.2) is 22.8 Å². The number of rotatable bonds is 6. The first-order valence-electron chi connectivity index (χ1n) is 9.08. The molecule has 28 heavy (non-hydrogen) atoms. The summed E-state index contributed by atoms with van der Waals surface area (Å²) in [5, 5.41) is 7.78. The van der Waals surface area contributed by atoms with Crippen molar-refractivity contribution in [3.05, 3.63) is 70.2 Å². The fourth-order valence-corrected chi connectivity index (χ4v) is 3.64. The third-order valence-corrected chi connectivity index (χ3v) is 5.50. The highest BCUT2D eigenvalue weighted by Crippen LogP contribution is 2.27. The van der Waals surface area contributed by atoms with E-state index in [9.17, 15) is 9.59 Å². The zero-order valence-corrected chi connectivity index (χ0v) is 16.0. The summed E-state index contributed by atoms with van der Waals surface area (Å²) >= 11 is 1.36. The van der Waals surface area contributed by atoms with E-state index in [1.54, 1.807) is 30.6 Å². The molecule has 7 heteroatoms. The van der Waals surface area contributed by atoms with Gasteiger partial charge in [-0.25, -0.2) is 0 Å². The number of amides is 2. The number of carbonyl (C=O) groups is 2. The molecular formula is C21H20N4O2S. The minimum Gasteiger partial charge on any atom is -0.349 e. The highest BCUT2D eigenvalue weighted by atomic mass is 32.1. The first-order chi connectivity index (χ1) is 13.6. The largest absolute Gasteiger partial charge is 0.349 e. The van der Waals surface area contributed by atoms with Crippen molar-refractivity contribution in [3.63, 3.8) is 0 Å². The second kappa shape index (κ2) is 7.92. The van der Waals surface area contributed by atoms with Crippen molar-refractivity contribution in [2.24, 2.45) is 5.73 Å². The summed E-state index contributed by atoms with van der Waals surface area (Å²) in [6.07, 6.45) is 5.52. The minimum absolute atomic E-state index is 0.128. The standard InChI is InChI=1S/C21H20N4O2S/c22-10-14-4-3-13(20(26)24-17-5-6-17)8-18(14)25-21(27)19-9-16(12-28-19)15-2-1-7-23-11-15/h1-4,7-9,11-12,17H,5-6,10,22H2,(H,24,26)(H,25,27). The van der Waals surface area contributed by atoms with Crippen molar-refractivity contribution >= 4 is 28.8 Å². The van der Waals surface area contributed by atoms with Crippen LogP contribution < -0.4 is 16.4 Å². The molecule has 0 spiro atoms. The lowest BCUT2D eigenvalue weighted by atomic mass is 10.1. The van der Waals surface area contributed by atoms with E-state index in [0.29, 0.717) is 16.1 Å². The fourth-order valence-electron chi connectivity index (χ4n) is 2.83. The van der Waals surface area contributed by atoms with E-state index in [4.69, 9.17) is 5.73 Å². The number of hydrogen-bond donors (Lipinski definition) is 3. The van der Waals surface area contributed by atoms with Gasteiger partial charge in [0.1, 0.15) is 0 Å². The normalized spacial score (nSPS) is 13.2. The molecule has 2 heterocycles. The Balaban J connectivity index is 1.53. The van der Waals surface area contributed by atoms with Crippen molar-refractivity contribution in [2.45, 2.75) is 25.4 Å². The Morgan fingerprint density at radius 2 is 2.00 bits per heavy atom. The highest BCUT2D eigenvalue weighted by molar-refractivity contribution is 7.12. The second-order valence-electron chi connectivity index (χ2n) is 6.72. The summed E-state index contributed by atoms with van der Waals surface area (Å²) in [5.74, 6) is -0.355. The SMILES string of the molecule is NCc1ccc(C(=O)NC2CC2)cc1NC(=O)c1cc(-c2cccnc2)cs1. The van der Waals surface area contributed by atoms with Crippen molar-refractivity contribution in [3.8, 4) is 11.1 Å². The number of pyridine rings is 1. The molecule has 1 saturated carbocycles. The number of nitrogens with one attached hydrogen (secondary N) is 2. The lowest BCUT2D eigenvalue weighted by Crippen LogP contribution is -2.25. The molecule has 6 nitrogen and oxygen atoms in total. The summed E-state index contributed by atoms with van der Waals surface area (Å²) in [5.41, 5.74) is 9.56. The maximum Gasteiger partial charge on any atom is 0.265 e. The van der Waals surface area contributed by atoms with Gasteiger partial charge in [0.25, 0.3) is 11.8 Å². The molecule has 4 rings (SSSR count). The van der Waals surface area contributed by atoms with Crippen LogP contribution in [0.15, 0.2) is 54.2 Å². The zero-order valence-electron chi connectivity index (χ0n) is 15.1. The quantitative estimate of drug-likeness (QED) is 0.599. The topological polar surface area (TPSA) is 97.1 Å². The van der Waals surface area contributed by atoms with Crippen molar-refractivity contribution in [2.75, 3.05) is 5.32 Å². The van der Waals surface area contributed by atoms with Crippen LogP contribution in [0.2, 0.25) is 0 Å². The molecule has 0 unspecified atom stereocenters. The number of thiophene rings is 1. The van der Waals surface area contributed by atoms with Crippen LogP contribution in [0.3, 0.4) is 0 Å². The number of aromatic nitrogens is 1. The molecule has 3 aromatic rings. The second-order valence-corrected chi connectivity index (χ2v) is 7.63. The molecule has 0 saturated heterocycles. The third-order valence-electron chi connectivity index (χ3n) is 4.57. The van der Waals surface area contributed by atoms with Crippen LogP contribution in [-0.2, 0) is 6.54 Å². The van der Waals surface area contributed by atoms with Gasteiger partial charge in [0.05, 0.1) is 4.88 Å². The van der Waals surface area contributed by atoms with E-state index in [0.717, 1.165) is 29.5 Å². The summed E-state index contributed by atoms with van der Waals surface area (Å²) in [6, 6.07) is 11.1. The first kappa shape index (κ1) is 18.3. The van der Waals surface area contributed by atoms with Gasteiger partial charge in [-0.15, -0.1) is 11.3 Å². The Morgan fingerprint density at radius 3 is 2.71 bits per heavy atom. The smallest absolute Gasteiger partial charge is 0.265 e. The molecule has 1 aliphatic carbocycles. The molecule has 0 bridgehead atoms. The number of benzene rings is 1. The van der Waals surface area contributed by atoms with Gasteiger partial charge in [0.2, 0.25) is 0 Å². The number of carbonyl (C=O) groups excluding carboxylic acids is 2. The molecule has 0 atom stereocenters. The van der Waals surface area contributed by atoms with Gasteiger partial charge in [-0.3, -0.25) is 14.6 Å². The highest BCUT2D eigenvalue weighted by Gasteiger charge is 2.24. The Morgan fingerprint density at radius 1 is 1.14 bits per heavy atom. The molecule has 142 valence electrons. The van der Waals surface area contributed by atoms with E-state index in [1.165, 1.54) is 11.3 Å². The average Bonchev–Trinajstić information content (AvgIpc) is 3.39. The van der Waals surface area contributed by atoms with Crippen LogP contribution in [0.5, 0.6) is 0 Å². The maximum absolute atomic E-state index is 12.7. The molecule has 0 aliphatic heterocycles. The number of nitrogens with zero attached hydrogens (tertiary/aromatic N) is 1. The van der Waals surface area contributed by atoms with E-state index in [1.807, 2.05) is 23.6 Å². The molecule has 4 N–H and O–H groups in total. The van der Waals surface area contributed by atoms with Gasteiger partial charge in [-0.2, -0.15) is 0 Å². The number of nitrogens with two attached hydrogens (primary N) is 1. The number of hydrogen-bond acceptors (Lipinski definition) is 5. The van der Waals surface area contributed by atoms with Gasteiger partial charge in [-0.1, -0.05) is 12.1 Å². The van der Waals surface area contributed by atoms with E-state index in [-0.39, 0.29) is 24.4 Å². The van der Waals surface area contributed by atoms with Gasteiger partial charge in [0.15, 0.2) is 0 Å². The van der Waals surface area contributed by atoms with Gasteiger partial charge in [0, 0.05) is 41.8 Å².